The molecule has 0 radical (unpaired) electrons. The monoisotopic (exact) mass is 359 g/mol. The first-order valence-electron chi connectivity index (χ1n) is 7.84. The van der Waals surface area contributed by atoms with Gasteiger partial charge in [0.1, 0.15) is 5.69 Å². The van der Waals surface area contributed by atoms with Crippen LogP contribution in [0.1, 0.15) is 33.3 Å². The van der Waals surface area contributed by atoms with Crippen LogP contribution in [0.3, 0.4) is 0 Å². The van der Waals surface area contributed by atoms with Crippen LogP contribution < -0.4 is 4.72 Å². The van der Waals surface area contributed by atoms with Crippen LogP contribution in [-0.2, 0) is 16.4 Å². The molecule has 2 amide bonds. The number of hydrogen-bond acceptors (Lipinski definition) is 5. The van der Waals surface area contributed by atoms with Gasteiger partial charge in [-0.3, -0.25) is 19.5 Å². The molecule has 0 fully saturated rings. The van der Waals surface area contributed by atoms with Crippen molar-refractivity contribution >= 4 is 21.8 Å². The zero-order valence-corrected chi connectivity index (χ0v) is 14.4. The van der Waals surface area contributed by atoms with E-state index in [0.717, 1.165) is 16.9 Å². The molecule has 0 aliphatic carbocycles. The predicted molar refractivity (Wildman–Crippen MR) is 90.6 cm³/mol. The van der Waals surface area contributed by atoms with Crippen molar-refractivity contribution in [2.24, 2.45) is 0 Å². The van der Waals surface area contributed by atoms with Crippen LogP contribution in [0.2, 0.25) is 0 Å². The molecule has 0 saturated heterocycles. The molecule has 2 heterocycles. The molecule has 8 heteroatoms. The third-order valence-electron chi connectivity index (χ3n) is 4.00. The van der Waals surface area contributed by atoms with Crippen LogP contribution in [-0.4, -0.2) is 43.2 Å². The van der Waals surface area contributed by atoms with Crippen LogP contribution >= 0.6 is 0 Å². The van der Waals surface area contributed by atoms with Gasteiger partial charge in [0.05, 0.1) is 10.5 Å². The van der Waals surface area contributed by atoms with Crippen molar-refractivity contribution in [1.82, 2.24) is 14.6 Å². The highest BCUT2D eigenvalue weighted by atomic mass is 32.2. The molecule has 1 aliphatic heterocycles. The maximum Gasteiger partial charge on any atom is 0.280 e. The molecule has 1 N–H and O–H groups in total. The molecule has 1 aromatic heterocycles. The van der Waals surface area contributed by atoms with E-state index in [1.165, 1.54) is 24.4 Å². The molecular weight excluding hydrogens is 342 g/mol. The molecule has 0 unspecified atom stereocenters. The van der Waals surface area contributed by atoms with E-state index in [0.29, 0.717) is 0 Å². The number of amides is 2. The number of sulfonamides is 1. The standard InChI is InChI=1S/C17H17N3O4S/c1-2-12-5-7-13(8-6-12)25(23,24)19-10-11-20-16(21)14-4-3-9-18-15(14)17(20)22/h3-9,19H,2,10-11H2,1H3. The minimum absolute atomic E-state index is 0.0553. The van der Waals surface area contributed by atoms with Crippen molar-refractivity contribution in [3.05, 3.63) is 59.4 Å². The molecule has 3 rings (SSSR count). The third-order valence-corrected chi connectivity index (χ3v) is 5.48. The minimum Gasteiger partial charge on any atom is -0.272 e. The maximum atomic E-state index is 12.3. The van der Waals surface area contributed by atoms with Crippen molar-refractivity contribution in [2.45, 2.75) is 18.2 Å². The number of fused-ring (bicyclic) bond motifs is 1. The van der Waals surface area contributed by atoms with E-state index in [9.17, 15) is 18.0 Å². The van der Waals surface area contributed by atoms with Crippen molar-refractivity contribution < 1.29 is 18.0 Å². The molecule has 1 aromatic carbocycles. The molecular formula is C17H17N3O4S. The summed E-state index contributed by atoms with van der Waals surface area (Å²) in [4.78, 5) is 29.4. The van der Waals surface area contributed by atoms with Gasteiger partial charge in [0, 0.05) is 19.3 Å². The predicted octanol–water partition coefficient (Wildman–Crippen LogP) is 1.22. The summed E-state index contributed by atoms with van der Waals surface area (Å²) in [5.41, 5.74) is 1.38. The summed E-state index contributed by atoms with van der Waals surface area (Å²) in [5.74, 6) is -0.966. The smallest absolute Gasteiger partial charge is 0.272 e. The molecule has 25 heavy (non-hydrogen) atoms. The molecule has 0 bridgehead atoms. The highest BCUT2D eigenvalue weighted by Gasteiger charge is 2.36. The zero-order valence-electron chi connectivity index (χ0n) is 13.6. The first-order chi connectivity index (χ1) is 11.9. The van der Waals surface area contributed by atoms with E-state index in [1.807, 2.05) is 6.92 Å². The number of aryl methyl sites for hydroxylation is 1. The summed E-state index contributed by atoms with van der Waals surface area (Å²) in [5, 5.41) is 0. The fraction of sp³-hybridized carbons (Fsp3) is 0.235. The first-order valence-corrected chi connectivity index (χ1v) is 9.32. The van der Waals surface area contributed by atoms with Gasteiger partial charge < -0.3 is 0 Å². The van der Waals surface area contributed by atoms with E-state index in [2.05, 4.69) is 9.71 Å². The van der Waals surface area contributed by atoms with Gasteiger partial charge >= 0.3 is 0 Å². The van der Waals surface area contributed by atoms with Gasteiger partial charge in [0.15, 0.2) is 0 Å². The Balaban J connectivity index is 1.65. The van der Waals surface area contributed by atoms with E-state index in [1.54, 1.807) is 18.2 Å². The molecule has 0 saturated carbocycles. The largest absolute Gasteiger partial charge is 0.280 e. The number of hydrogen-bond donors (Lipinski definition) is 1. The lowest BCUT2D eigenvalue weighted by Gasteiger charge is -2.14. The number of imide groups is 1. The molecule has 1 aliphatic rings. The SMILES string of the molecule is CCc1ccc(S(=O)(=O)NCCN2C(=O)c3cccnc3C2=O)cc1. The van der Waals surface area contributed by atoms with Crippen molar-refractivity contribution in [1.29, 1.82) is 0 Å². The van der Waals surface area contributed by atoms with Gasteiger partial charge in [0.2, 0.25) is 10.0 Å². The number of carbonyl (C=O) groups excluding carboxylic acids is 2. The maximum absolute atomic E-state index is 12.3. The Bertz CT molecular complexity index is 888. The fourth-order valence-electron chi connectivity index (χ4n) is 2.60. The lowest BCUT2D eigenvalue weighted by Crippen LogP contribution is -2.38. The van der Waals surface area contributed by atoms with Crippen molar-refractivity contribution in [3.8, 4) is 0 Å². The Kier molecular flexibility index (Phi) is 4.65. The summed E-state index contributed by atoms with van der Waals surface area (Å²) in [6, 6.07) is 9.69. The molecule has 2 aromatic rings. The molecule has 7 nitrogen and oxygen atoms in total. The highest BCUT2D eigenvalue weighted by Crippen LogP contribution is 2.19. The number of nitrogens with one attached hydrogen (secondary N) is 1. The van der Waals surface area contributed by atoms with Gasteiger partial charge in [-0.05, 0) is 36.2 Å². The molecule has 0 atom stereocenters. The highest BCUT2D eigenvalue weighted by molar-refractivity contribution is 7.89. The number of aromatic nitrogens is 1. The van der Waals surface area contributed by atoms with Crippen molar-refractivity contribution in [3.63, 3.8) is 0 Å². The minimum atomic E-state index is -3.69. The second kappa shape index (κ2) is 6.73. The summed E-state index contributed by atoms with van der Waals surface area (Å²) < 4.78 is 27.0. The summed E-state index contributed by atoms with van der Waals surface area (Å²) in [6.07, 6.45) is 2.26. The first kappa shape index (κ1) is 17.2. The van der Waals surface area contributed by atoms with E-state index in [4.69, 9.17) is 0 Å². The average Bonchev–Trinajstić information content (AvgIpc) is 2.87. The lowest BCUT2D eigenvalue weighted by atomic mass is 10.2. The molecule has 130 valence electrons. The number of rotatable bonds is 6. The number of pyridine rings is 1. The Labute approximate surface area is 145 Å². The summed E-state index contributed by atoms with van der Waals surface area (Å²) in [7, 11) is -3.69. The Morgan fingerprint density at radius 3 is 2.44 bits per heavy atom. The van der Waals surface area contributed by atoms with Crippen molar-refractivity contribution in [2.75, 3.05) is 13.1 Å². The van der Waals surface area contributed by atoms with Crippen LogP contribution in [0.4, 0.5) is 0 Å². The van der Waals surface area contributed by atoms with E-state index >= 15 is 0 Å². The van der Waals surface area contributed by atoms with E-state index < -0.39 is 21.8 Å². The lowest BCUT2D eigenvalue weighted by molar-refractivity contribution is 0.0655. The van der Waals surface area contributed by atoms with E-state index in [-0.39, 0.29) is 29.2 Å². The Morgan fingerprint density at radius 1 is 1.08 bits per heavy atom. The quantitative estimate of drug-likeness (QED) is 0.782. The van der Waals surface area contributed by atoms with Crippen LogP contribution in [0.15, 0.2) is 47.5 Å². The average molecular weight is 359 g/mol. The summed E-state index contributed by atoms with van der Waals surface area (Å²) in [6.45, 7) is 1.86. The number of benzene rings is 1. The topological polar surface area (TPSA) is 96.4 Å². The normalized spacial score (nSPS) is 14.0. The van der Waals surface area contributed by atoms with Gasteiger partial charge in [-0.25, -0.2) is 13.1 Å². The Morgan fingerprint density at radius 2 is 1.80 bits per heavy atom. The summed E-state index contributed by atoms with van der Waals surface area (Å²) >= 11 is 0. The third kappa shape index (κ3) is 3.31. The Hall–Kier alpha value is -2.58. The van der Waals surface area contributed by atoms with Gasteiger partial charge in [0.25, 0.3) is 11.8 Å². The molecule has 0 spiro atoms. The van der Waals surface area contributed by atoms with Crippen LogP contribution in [0, 0.1) is 0 Å². The van der Waals surface area contributed by atoms with Gasteiger partial charge in [-0.15, -0.1) is 0 Å². The van der Waals surface area contributed by atoms with Crippen LogP contribution in [0.5, 0.6) is 0 Å². The van der Waals surface area contributed by atoms with Gasteiger partial charge in [-0.1, -0.05) is 19.1 Å². The number of carbonyl (C=O) groups is 2. The van der Waals surface area contributed by atoms with Crippen LogP contribution in [0.25, 0.3) is 0 Å². The second-order valence-electron chi connectivity index (χ2n) is 5.56. The fourth-order valence-corrected chi connectivity index (χ4v) is 3.62. The number of nitrogens with zero attached hydrogens (tertiary/aromatic N) is 2. The zero-order chi connectivity index (χ0) is 18.0. The second-order valence-corrected chi connectivity index (χ2v) is 7.32. The van der Waals surface area contributed by atoms with Gasteiger partial charge in [-0.2, -0.15) is 0 Å².